The highest BCUT2D eigenvalue weighted by molar-refractivity contribution is 7.09. The molecule has 1 aliphatic rings. The van der Waals surface area contributed by atoms with Crippen LogP contribution in [0.3, 0.4) is 0 Å². The quantitative estimate of drug-likeness (QED) is 0.671. The zero-order chi connectivity index (χ0) is 19.3. The van der Waals surface area contributed by atoms with E-state index in [9.17, 15) is 14.3 Å². The standard InChI is InChI=1S/C19H24FN3O3S/c1-26-15-3-4-16(20)14(11-15)12-23-9-2-6-19(25,18(23)24)13-21-7-5-17-22-8-10-27-17/h3-4,8,10-11,21,25H,2,5-7,9,12-13H2,1H3/t19-/m1/s1. The molecule has 146 valence electrons. The van der Waals surface area contributed by atoms with Gasteiger partial charge in [-0.05, 0) is 31.0 Å². The number of methoxy groups -OCH3 is 1. The topological polar surface area (TPSA) is 74.7 Å². The molecular formula is C19H24FN3O3S. The Morgan fingerprint density at radius 1 is 1.48 bits per heavy atom. The predicted molar refractivity (Wildman–Crippen MR) is 101 cm³/mol. The van der Waals surface area contributed by atoms with E-state index in [-0.39, 0.29) is 24.8 Å². The van der Waals surface area contributed by atoms with Crippen LogP contribution < -0.4 is 10.1 Å². The van der Waals surface area contributed by atoms with E-state index in [2.05, 4.69) is 10.3 Å². The molecule has 1 aromatic heterocycles. The number of thiazole rings is 1. The Kier molecular flexibility index (Phi) is 6.41. The van der Waals surface area contributed by atoms with Gasteiger partial charge in [-0.2, -0.15) is 0 Å². The SMILES string of the molecule is COc1ccc(F)c(CN2CCC[C@@](O)(CNCCc3nccs3)C2=O)c1. The Hall–Kier alpha value is -2.03. The molecule has 0 unspecified atom stereocenters. The average Bonchev–Trinajstić information content (AvgIpc) is 3.18. The van der Waals surface area contributed by atoms with E-state index < -0.39 is 5.60 Å². The van der Waals surface area contributed by atoms with Gasteiger partial charge in [-0.1, -0.05) is 0 Å². The summed E-state index contributed by atoms with van der Waals surface area (Å²) in [6, 6.07) is 4.46. The number of aromatic nitrogens is 1. The number of hydrogen-bond donors (Lipinski definition) is 2. The molecule has 1 fully saturated rings. The lowest BCUT2D eigenvalue weighted by atomic mass is 9.91. The molecule has 0 bridgehead atoms. The maximum Gasteiger partial charge on any atom is 0.256 e. The second-order valence-corrected chi connectivity index (χ2v) is 7.65. The fourth-order valence-corrected chi connectivity index (χ4v) is 3.87. The van der Waals surface area contributed by atoms with Crippen LogP contribution >= 0.6 is 11.3 Å². The van der Waals surface area contributed by atoms with Crippen LogP contribution in [0.1, 0.15) is 23.4 Å². The zero-order valence-electron chi connectivity index (χ0n) is 15.3. The van der Waals surface area contributed by atoms with Crippen molar-refractivity contribution in [2.45, 2.75) is 31.4 Å². The number of amides is 1. The maximum absolute atomic E-state index is 14.1. The summed E-state index contributed by atoms with van der Waals surface area (Å²) in [4.78, 5) is 18.5. The number of halogens is 1. The Bertz CT molecular complexity index is 772. The van der Waals surface area contributed by atoms with Crippen LogP contribution in [0.2, 0.25) is 0 Å². The van der Waals surface area contributed by atoms with Gasteiger partial charge >= 0.3 is 0 Å². The van der Waals surface area contributed by atoms with Gasteiger partial charge in [0, 0.05) is 49.7 Å². The molecule has 2 aromatic rings. The molecular weight excluding hydrogens is 369 g/mol. The third kappa shape index (κ3) is 4.82. The molecule has 27 heavy (non-hydrogen) atoms. The molecule has 2 N–H and O–H groups in total. The number of carbonyl (C=O) groups excluding carboxylic acids is 1. The van der Waals surface area contributed by atoms with Crippen molar-refractivity contribution in [2.24, 2.45) is 0 Å². The molecule has 1 atom stereocenters. The van der Waals surface area contributed by atoms with Crippen molar-refractivity contribution in [2.75, 3.05) is 26.7 Å². The molecule has 1 aromatic carbocycles. The average molecular weight is 393 g/mol. The Balaban J connectivity index is 1.59. The van der Waals surface area contributed by atoms with Crippen LogP contribution in [0.5, 0.6) is 5.75 Å². The van der Waals surface area contributed by atoms with Gasteiger partial charge in [0.2, 0.25) is 0 Å². The van der Waals surface area contributed by atoms with E-state index in [0.717, 1.165) is 11.4 Å². The summed E-state index contributed by atoms with van der Waals surface area (Å²) < 4.78 is 19.2. The van der Waals surface area contributed by atoms with Crippen LogP contribution in [-0.2, 0) is 17.8 Å². The molecule has 0 aliphatic carbocycles. The summed E-state index contributed by atoms with van der Waals surface area (Å²) >= 11 is 1.58. The van der Waals surface area contributed by atoms with Gasteiger partial charge in [0.05, 0.1) is 12.1 Å². The van der Waals surface area contributed by atoms with Crippen molar-refractivity contribution in [1.29, 1.82) is 0 Å². The minimum atomic E-state index is -1.46. The van der Waals surface area contributed by atoms with Crippen molar-refractivity contribution in [3.05, 3.63) is 46.2 Å². The number of rotatable bonds is 8. The number of ether oxygens (including phenoxy) is 1. The third-order valence-corrected chi connectivity index (χ3v) is 5.57. The highest BCUT2D eigenvalue weighted by Crippen LogP contribution is 2.25. The van der Waals surface area contributed by atoms with Crippen LogP contribution in [0.4, 0.5) is 4.39 Å². The maximum atomic E-state index is 14.1. The lowest BCUT2D eigenvalue weighted by Crippen LogP contribution is -2.57. The lowest BCUT2D eigenvalue weighted by Gasteiger charge is -2.38. The van der Waals surface area contributed by atoms with E-state index in [4.69, 9.17) is 4.74 Å². The lowest BCUT2D eigenvalue weighted by molar-refractivity contribution is -0.157. The Morgan fingerprint density at radius 2 is 2.33 bits per heavy atom. The monoisotopic (exact) mass is 393 g/mol. The Morgan fingerprint density at radius 3 is 3.07 bits per heavy atom. The number of aliphatic hydroxyl groups is 1. The highest BCUT2D eigenvalue weighted by Gasteiger charge is 2.41. The van der Waals surface area contributed by atoms with Crippen LogP contribution in [0, 0.1) is 5.82 Å². The van der Waals surface area contributed by atoms with E-state index in [1.54, 1.807) is 29.7 Å². The molecule has 3 rings (SSSR count). The van der Waals surface area contributed by atoms with Crippen molar-refractivity contribution >= 4 is 17.2 Å². The van der Waals surface area contributed by atoms with Crippen LogP contribution in [0.25, 0.3) is 0 Å². The van der Waals surface area contributed by atoms with Gasteiger partial charge in [0.1, 0.15) is 11.6 Å². The summed E-state index contributed by atoms with van der Waals surface area (Å²) in [7, 11) is 1.51. The minimum absolute atomic E-state index is 0.114. The van der Waals surface area contributed by atoms with Crippen LogP contribution in [-0.4, -0.2) is 53.2 Å². The first-order valence-corrected chi connectivity index (χ1v) is 9.83. The summed E-state index contributed by atoms with van der Waals surface area (Å²) in [5.41, 5.74) is -1.08. The Labute approximate surface area is 162 Å². The van der Waals surface area contributed by atoms with Gasteiger partial charge in [0.15, 0.2) is 5.60 Å². The van der Waals surface area contributed by atoms with Gasteiger partial charge in [-0.3, -0.25) is 4.79 Å². The van der Waals surface area contributed by atoms with Crippen molar-refractivity contribution < 1.29 is 19.0 Å². The fraction of sp³-hybridized carbons (Fsp3) is 0.474. The largest absolute Gasteiger partial charge is 0.497 e. The summed E-state index contributed by atoms with van der Waals surface area (Å²) in [6.45, 7) is 1.42. The number of carbonyl (C=O) groups is 1. The van der Waals surface area contributed by atoms with Gasteiger partial charge in [-0.25, -0.2) is 9.37 Å². The van der Waals surface area contributed by atoms with Gasteiger partial charge < -0.3 is 20.1 Å². The predicted octanol–water partition coefficient (Wildman–Crippen LogP) is 1.98. The molecule has 1 saturated heterocycles. The molecule has 2 heterocycles. The first kappa shape index (κ1) is 19.7. The zero-order valence-corrected chi connectivity index (χ0v) is 16.1. The van der Waals surface area contributed by atoms with E-state index in [1.807, 2.05) is 5.38 Å². The van der Waals surface area contributed by atoms with Gasteiger partial charge in [-0.15, -0.1) is 11.3 Å². The van der Waals surface area contributed by atoms with E-state index >= 15 is 0 Å². The molecule has 1 aliphatic heterocycles. The molecule has 8 heteroatoms. The number of nitrogens with one attached hydrogen (secondary N) is 1. The molecule has 6 nitrogen and oxygen atoms in total. The van der Waals surface area contributed by atoms with Crippen molar-refractivity contribution in [3.63, 3.8) is 0 Å². The fourth-order valence-electron chi connectivity index (χ4n) is 3.25. The number of benzene rings is 1. The van der Waals surface area contributed by atoms with Crippen molar-refractivity contribution in [3.8, 4) is 5.75 Å². The third-order valence-electron chi connectivity index (χ3n) is 4.73. The van der Waals surface area contributed by atoms with E-state index in [0.29, 0.717) is 37.2 Å². The second kappa shape index (κ2) is 8.77. The van der Waals surface area contributed by atoms with Crippen molar-refractivity contribution in [1.82, 2.24) is 15.2 Å². The number of hydrogen-bond acceptors (Lipinski definition) is 6. The second-order valence-electron chi connectivity index (χ2n) is 6.67. The van der Waals surface area contributed by atoms with Crippen LogP contribution in [0.15, 0.2) is 29.8 Å². The molecule has 0 radical (unpaired) electrons. The first-order chi connectivity index (χ1) is 13.0. The molecule has 0 saturated carbocycles. The number of nitrogens with zero attached hydrogens (tertiary/aromatic N) is 2. The minimum Gasteiger partial charge on any atom is -0.497 e. The van der Waals surface area contributed by atoms with Gasteiger partial charge in [0.25, 0.3) is 5.91 Å². The summed E-state index contributed by atoms with van der Waals surface area (Å²) in [5.74, 6) is -0.216. The smallest absolute Gasteiger partial charge is 0.256 e. The summed E-state index contributed by atoms with van der Waals surface area (Å²) in [6.07, 6.45) is 3.57. The normalized spacial score (nSPS) is 20.1. The van der Waals surface area contributed by atoms with E-state index in [1.165, 1.54) is 18.1 Å². The first-order valence-electron chi connectivity index (χ1n) is 8.95. The highest BCUT2D eigenvalue weighted by atomic mass is 32.1. The molecule has 0 spiro atoms. The summed E-state index contributed by atoms with van der Waals surface area (Å²) in [5, 5.41) is 16.9. The molecule has 1 amide bonds. The number of piperidine rings is 1. The number of likely N-dealkylation sites (tertiary alicyclic amines) is 1.